The van der Waals surface area contributed by atoms with Gasteiger partial charge in [-0.3, -0.25) is 9.69 Å². The standard InChI is InChI=1S/C7H14N2O2/c1-9-3-2-8-6(5-9)4-7(10)11/h6,8H,2-5H2,1H3,(H,10,11)/p+1. The molecule has 1 aliphatic heterocycles. The van der Waals surface area contributed by atoms with Crippen molar-refractivity contribution in [3.8, 4) is 0 Å². The normalized spacial score (nSPS) is 26.8. The molecule has 0 spiro atoms. The Labute approximate surface area is 66.2 Å². The first-order valence-electron chi connectivity index (χ1n) is 3.92. The minimum Gasteiger partial charge on any atom is -0.481 e. The van der Waals surface area contributed by atoms with Crippen molar-refractivity contribution in [2.45, 2.75) is 12.5 Å². The van der Waals surface area contributed by atoms with Crippen LogP contribution in [-0.2, 0) is 4.79 Å². The molecule has 1 atom stereocenters. The highest BCUT2D eigenvalue weighted by molar-refractivity contribution is 5.67. The maximum Gasteiger partial charge on any atom is 0.309 e. The van der Waals surface area contributed by atoms with Gasteiger partial charge in [0.05, 0.1) is 19.5 Å². The van der Waals surface area contributed by atoms with E-state index >= 15 is 0 Å². The van der Waals surface area contributed by atoms with E-state index in [4.69, 9.17) is 5.11 Å². The highest BCUT2D eigenvalue weighted by atomic mass is 16.4. The van der Waals surface area contributed by atoms with Gasteiger partial charge in [-0.15, -0.1) is 0 Å². The predicted molar refractivity (Wildman–Crippen MR) is 40.3 cm³/mol. The number of carboxylic acids is 1. The van der Waals surface area contributed by atoms with Gasteiger partial charge in [0.25, 0.3) is 0 Å². The first-order chi connectivity index (χ1) is 5.18. The molecule has 3 N–H and O–H groups in total. The number of nitrogens with zero attached hydrogens (tertiary/aromatic N) is 1. The molecule has 4 nitrogen and oxygen atoms in total. The number of rotatable bonds is 2. The molecule has 0 saturated carbocycles. The van der Waals surface area contributed by atoms with Crippen molar-refractivity contribution in [2.75, 3.05) is 26.7 Å². The van der Waals surface area contributed by atoms with Gasteiger partial charge in [0, 0.05) is 6.54 Å². The average Bonchev–Trinajstić information content (AvgIpc) is 1.85. The molecule has 4 heteroatoms. The molecule has 0 aromatic rings. The molecule has 0 amide bonds. The molecule has 0 aromatic heterocycles. The first kappa shape index (κ1) is 8.49. The van der Waals surface area contributed by atoms with Gasteiger partial charge >= 0.3 is 5.97 Å². The van der Waals surface area contributed by atoms with Gasteiger partial charge in [-0.2, -0.15) is 0 Å². The van der Waals surface area contributed by atoms with Gasteiger partial charge in [0.15, 0.2) is 0 Å². The molecule has 1 fully saturated rings. The van der Waals surface area contributed by atoms with Gasteiger partial charge < -0.3 is 10.4 Å². The zero-order valence-electron chi connectivity index (χ0n) is 6.79. The summed E-state index contributed by atoms with van der Waals surface area (Å²) >= 11 is 0. The van der Waals surface area contributed by atoms with Crippen molar-refractivity contribution in [1.82, 2.24) is 4.90 Å². The summed E-state index contributed by atoms with van der Waals surface area (Å²) in [6.07, 6.45) is 0.282. The Morgan fingerprint density at radius 1 is 1.82 bits per heavy atom. The van der Waals surface area contributed by atoms with Crippen molar-refractivity contribution in [1.29, 1.82) is 0 Å². The highest BCUT2D eigenvalue weighted by Gasteiger charge is 2.21. The minimum atomic E-state index is -0.693. The van der Waals surface area contributed by atoms with E-state index in [-0.39, 0.29) is 12.5 Å². The number of quaternary nitrogens is 1. The fraction of sp³-hybridized carbons (Fsp3) is 0.857. The zero-order chi connectivity index (χ0) is 8.27. The molecular weight excluding hydrogens is 144 g/mol. The Kier molecular flexibility index (Phi) is 2.84. The van der Waals surface area contributed by atoms with Crippen molar-refractivity contribution < 1.29 is 15.2 Å². The summed E-state index contributed by atoms with van der Waals surface area (Å²) in [6, 6.07) is 0.256. The van der Waals surface area contributed by atoms with Crippen LogP contribution in [0.5, 0.6) is 0 Å². The van der Waals surface area contributed by atoms with E-state index in [9.17, 15) is 4.79 Å². The first-order valence-corrected chi connectivity index (χ1v) is 3.92. The number of piperazine rings is 1. The van der Waals surface area contributed by atoms with Gasteiger partial charge in [0.1, 0.15) is 6.04 Å². The Balaban J connectivity index is 2.28. The summed E-state index contributed by atoms with van der Waals surface area (Å²) in [7, 11) is 2.03. The van der Waals surface area contributed by atoms with Crippen molar-refractivity contribution >= 4 is 5.97 Å². The smallest absolute Gasteiger partial charge is 0.309 e. The molecule has 0 bridgehead atoms. The van der Waals surface area contributed by atoms with Crippen LogP contribution in [0.25, 0.3) is 0 Å². The van der Waals surface area contributed by atoms with Crippen LogP contribution in [0.15, 0.2) is 0 Å². The lowest BCUT2D eigenvalue weighted by Crippen LogP contribution is -2.95. The van der Waals surface area contributed by atoms with Crippen LogP contribution < -0.4 is 5.32 Å². The molecule has 1 aliphatic rings. The van der Waals surface area contributed by atoms with E-state index in [2.05, 4.69) is 10.2 Å². The van der Waals surface area contributed by atoms with Gasteiger partial charge in [0.2, 0.25) is 0 Å². The molecule has 0 radical (unpaired) electrons. The highest BCUT2D eigenvalue weighted by Crippen LogP contribution is 1.93. The van der Waals surface area contributed by atoms with Crippen LogP contribution in [0.2, 0.25) is 0 Å². The molecule has 64 valence electrons. The van der Waals surface area contributed by atoms with Gasteiger partial charge in [-0.1, -0.05) is 0 Å². The summed E-state index contributed by atoms with van der Waals surface area (Å²) in [6.45, 7) is 2.98. The van der Waals surface area contributed by atoms with Crippen LogP contribution >= 0.6 is 0 Å². The van der Waals surface area contributed by atoms with E-state index in [1.54, 1.807) is 0 Å². The maximum atomic E-state index is 10.3. The number of aliphatic carboxylic acids is 1. The molecule has 0 aromatic carbocycles. The third-order valence-corrected chi connectivity index (χ3v) is 1.99. The number of hydrogen-bond donors (Lipinski definition) is 2. The van der Waals surface area contributed by atoms with E-state index in [1.807, 2.05) is 7.05 Å². The number of carboxylic acid groups (broad SMARTS) is 1. The number of likely N-dealkylation sites (N-methyl/N-ethyl adjacent to an activating group) is 1. The Morgan fingerprint density at radius 2 is 2.55 bits per heavy atom. The molecule has 1 saturated heterocycles. The van der Waals surface area contributed by atoms with Crippen LogP contribution in [0.1, 0.15) is 6.42 Å². The Hall–Kier alpha value is -0.610. The summed E-state index contributed by atoms with van der Waals surface area (Å²) in [5.74, 6) is -0.693. The van der Waals surface area contributed by atoms with Crippen LogP contribution in [0, 0.1) is 0 Å². The summed E-state index contributed by atoms with van der Waals surface area (Å²) in [4.78, 5) is 12.5. The molecular formula is C7H15N2O2+. The van der Waals surface area contributed by atoms with Crippen molar-refractivity contribution in [3.63, 3.8) is 0 Å². The fourth-order valence-corrected chi connectivity index (χ4v) is 1.47. The van der Waals surface area contributed by atoms with Crippen LogP contribution in [0.4, 0.5) is 0 Å². The molecule has 1 unspecified atom stereocenters. The van der Waals surface area contributed by atoms with Crippen molar-refractivity contribution in [2.24, 2.45) is 0 Å². The lowest BCUT2D eigenvalue weighted by atomic mass is 10.1. The molecule has 11 heavy (non-hydrogen) atoms. The summed E-state index contributed by atoms with van der Waals surface area (Å²) < 4.78 is 0. The van der Waals surface area contributed by atoms with Crippen LogP contribution in [-0.4, -0.2) is 48.7 Å². The average molecular weight is 159 g/mol. The topological polar surface area (TPSA) is 57.2 Å². The lowest BCUT2D eigenvalue weighted by molar-refractivity contribution is -0.696. The quantitative estimate of drug-likeness (QED) is 0.507. The molecule has 1 rings (SSSR count). The summed E-state index contributed by atoms with van der Waals surface area (Å²) in [5.41, 5.74) is 0. The third-order valence-electron chi connectivity index (χ3n) is 1.99. The SMILES string of the molecule is CN1CC[NH2+]C(CC(=O)O)C1. The second kappa shape index (κ2) is 3.69. The number of nitrogens with two attached hydrogens (primary N) is 1. The Bertz CT molecular complexity index is 149. The Morgan fingerprint density at radius 3 is 3.09 bits per heavy atom. The molecule has 1 heterocycles. The minimum absolute atomic E-state index is 0.256. The van der Waals surface area contributed by atoms with E-state index < -0.39 is 5.97 Å². The van der Waals surface area contributed by atoms with Gasteiger partial charge in [-0.05, 0) is 7.05 Å². The fourth-order valence-electron chi connectivity index (χ4n) is 1.47. The van der Waals surface area contributed by atoms with Gasteiger partial charge in [-0.25, -0.2) is 0 Å². The van der Waals surface area contributed by atoms with Crippen molar-refractivity contribution in [3.05, 3.63) is 0 Å². The lowest BCUT2D eigenvalue weighted by Gasteiger charge is -2.26. The second-order valence-corrected chi connectivity index (χ2v) is 3.14. The van der Waals surface area contributed by atoms with E-state index in [0.717, 1.165) is 19.6 Å². The largest absolute Gasteiger partial charge is 0.481 e. The predicted octanol–water partition coefficient (Wildman–Crippen LogP) is -1.66. The third kappa shape index (κ3) is 2.86. The van der Waals surface area contributed by atoms with E-state index in [1.165, 1.54) is 0 Å². The maximum absolute atomic E-state index is 10.3. The van der Waals surface area contributed by atoms with E-state index in [0.29, 0.717) is 0 Å². The zero-order valence-corrected chi connectivity index (χ0v) is 6.79. The summed E-state index contributed by atoms with van der Waals surface area (Å²) in [5, 5.41) is 10.6. The van der Waals surface area contributed by atoms with Crippen LogP contribution in [0.3, 0.4) is 0 Å². The number of hydrogen-bond acceptors (Lipinski definition) is 2. The number of carbonyl (C=O) groups is 1. The molecule has 0 aliphatic carbocycles. The monoisotopic (exact) mass is 159 g/mol. The second-order valence-electron chi connectivity index (χ2n) is 3.14.